The van der Waals surface area contributed by atoms with Gasteiger partial charge in [0.25, 0.3) is 11.8 Å². The number of nitrogens with two attached hydrogens (primary N) is 2. The Balaban J connectivity index is 1.44. The molecule has 9 nitrogen and oxygen atoms in total. The summed E-state index contributed by atoms with van der Waals surface area (Å²) in [5.41, 5.74) is 12.9. The lowest BCUT2D eigenvalue weighted by Crippen LogP contribution is -2.54. The van der Waals surface area contributed by atoms with Crippen LogP contribution in [0.4, 0.5) is 11.6 Å². The van der Waals surface area contributed by atoms with Gasteiger partial charge >= 0.3 is 0 Å². The second-order valence-electron chi connectivity index (χ2n) is 8.61. The molecule has 2 fully saturated rings. The van der Waals surface area contributed by atoms with Crippen LogP contribution in [0, 0.1) is 0 Å². The number of primary amides is 1. The van der Waals surface area contributed by atoms with Gasteiger partial charge in [0.05, 0.1) is 19.4 Å². The zero-order valence-electron chi connectivity index (χ0n) is 17.8. The Kier molecular flexibility index (Phi) is 5.53. The van der Waals surface area contributed by atoms with Gasteiger partial charge in [-0.25, -0.2) is 9.97 Å². The van der Waals surface area contributed by atoms with E-state index in [0.717, 1.165) is 19.4 Å². The summed E-state index contributed by atoms with van der Waals surface area (Å²) >= 11 is 0. The van der Waals surface area contributed by atoms with Gasteiger partial charge in [-0.15, -0.1) is 0 Å². The average molecular weight is 425 g/mol. The second-order valence-corrected chi connectivity index (χ2v) is 8.61. The van der Waals surface area contributed by atoms with E-state index in [1.54, 1.807) is 0 Å². The first-order valence-electron chi connectivity index (χ1n) is 10.5. The molecule has 5 N–H and O–H groups in total. The van der Waals surface area contributed by atoms with Crippen molar-refractivity contribution in [1.29, 1.82) is 0 Å². The number of nitrogens with zero attached hydrogens (tertiary/aromatic N) is 3. The molecule has 1 aromatic heterocycles. The molecule has 0 aliphatic carbocycles. The predicted molar refractivity (Wildman–Crippen MR) is 117 cm³/mol. The molecule has 0 unspecified atom stereocenters. The van der Waals surface area contributed by atoms with Crippen LogP contribution in [0.3, 0.4) is 0 Å². The molecule has 1 aromatic carbocycles. The molecule has 164 valence electrons. The molecular weight excluding hydrogens is 396 g/mol. The topological polar surface area (TPSA) is 136 Å². The summed E-state index contributed by atoms with van der Waals surface area (Å²) in [5, 5.41) is 3.16. The van der Waals surface area contributed by atoms with Gasteiger partial charge in [-0.3, -0.25) is 9.59 Å². The van der Waals surface area contributed by atoms with Crippen molar-refractivity contribution in [3.63, 3.8) is 0 Å². The lowest BCUT2D eigenvalue weighted by atomic mass is 9.80. The Bertz CT molecular complexity index is 989. The highest BCUT2D eigenvalue weighted by Crippen LogP contribution is 2.31. The Morgan fingerprint density at radius 2 is 1.97 bits per heavy atom. The van der Waals surface area contributed by atoms with Crippen LogP contribution >= 0.6 is 0 Å². The van der Waals surface area contributed by atoms with Crippen molar-refractivity contribution in [3.05, 3.63) is 47.3 Å². The van der Waals surface area contributed by atoms with Gasteiger partial charge in [0.15, 0.2) is 11.5 Å². The molecule has 2 aliphatic heterocycles. The number of piperidine rings is 1. The number of hydrogen-bond donors (Lipinski definition) is 3. The van der Waals surface area contributed by atoms with Crippen LogP contribution in [-0.4, -0.2) is 53.6 Å². The van der Waals surface area contributed by atoms with Crippen LogP contribution in [-0.2, 0) is 10.2 Å². The van der Waals surface area contributed by atoms with Crippen LogP contribution in [0.5, 0.6) is 0 Å². The number of benzene rings is 1. The van der Waals surface area contributed by atoms with Gasteiger partial charge in [0, 0.05) is 29.6 Å². The standard InChI is InChI=1S/C22H28N6O3/c1-13-16(4-3-9-28(13)17-10-25-18(20(24)29)19(23)27-17)26-21(30)14-5-7-15(8-6-14)22(2)11-31-12-22/h5-8,10,13,16H,3-4,9,11-12H2,1-2H3,(H2,23,27)(H2,24,29)(H,26,30)/t13-,16-/m1/s1. The van der Waals surface area contributed by atoms with Gasteiger partial charge in [0.2, 0.25) is 0 Å². The number of hydrogen-bond acceptors (Lipinski definition) is 7. The largest absolute Gasteiger partial charge is 0.382 e. The van der Waals surface area contributed by atoms with E-state index in [1.165, 1.54) is 11.8 Å². The van der Waals surface area contributed by atoms with Crippen LogP contribution in [0.1, 0.15) is 53.1 Å². The number of ether oxygens (including phenoxy) is 1. The summed E-state index contributed by atoms with van der Waals surface area (Å²) in [6.45, 7) is 6.37. The van der Waals surface area contributed by atoms with Crippen molar-refractivity contribution in [3.8, 4) is 0 Å². The third kappa shape index (κ3) is 4.05. The van der Waals surface area contributed by atoms with E-state index in [4.69, 9.17) is 16.2 Å². The number of rotatable bonds is 5. The van der Waals surface area contributed by atoms with Crippen molar-refractivity contribution in [2.24, 2.45) is 5.73 Å². The first-order valence-corrected chi connectivity index (χ1v) is 10.5. The molecule has 2 aromatic rings. The third-order valence-corrected chi connectivity index (χ3v) is 6.30. The van der Waals surface area contributed by atoms with Gasteiger partial charge in [-0.05, 0) is 37.5 Å². The van der Waals surface area contributed by atoms with E-state index in [9.17, 15) is 9.59 Å². The SMILES string of the molecule is C[C@@H]1[C@H](NC(=O)c2ccc(C3(C)COC3)cc2)CCCN1c1cnc(C(N)=O)c(N)n1. The van der Waals surface area contributed by atoms with E-state index in [1.807, 2.05) is 36.1 Å². The minimum absolute atomic E-state index is 0.00834. The van der Waals surface area contributed by atoms with E-state index in [0.29, 0.717) is 24.6 Å². The number of nitrogen functional groups attached to an aromatic ring is 1. The zero-order valence-corrected chi connectivity index (χ0v) is 17.8. The van der Waals surface area contributed by atoms with Crippen LogP contribution in [0.2, 0.25) is 0 Å². The third-order valence-electron chi connectivity index (χ3n) is 6.30. The maximum atomic E-state index is 12.9. The minimum atomic E-state index is -0.710. The molecule has 2 aliphatic rings. The molecule has 2 saturated heterocycles. The van der Waals surface area contributed by atoms with Crippen molar-refractivity contribution in [2.45, 2.75) is 44.2 Å². The molecule has 0 radical (unpaired) electrons. The Morgan fingerprint density at radius 1 is 1.26 bits per heavy atom. The molecular formula is C22H28N6O3. The van der Waals surface area contributed by atoms with Crippen molar-refractivity contribution in [2.75, 3.05) is 30.4 Å². The molecule has 0 bridgehead atoms. The zero-order chi connectivity index (χ0) is 22.2. The van der Waals surface area contributed by atoms with E-state index >= 15 is 0 Å². The quantitative estimate of drug-likeness (QED) is 0.657. The van der Waals surface area contributed by atoms with Crippen molar-refractivity contribution < 1.29 is 14.3 Å². The van der Waals surface area contributed by atoms with Gasteiger partial charge < -0.3 is 26.4 Å². The summed E-state index contributed by atoms with van der Waals surface area (Å²) in [6, 6.07) is 7.68. The lowest BCUT2D eigenvalue weighted by Gasteiger charge is -2.40. The predicted octanol–water partition coefficient (Wildman–Crippen LogP) is 1.23. The fourth-order valence-corrected chi connectivity index (χ4v) is 4.23. The Labute approximate surface area is 181 Å². The molecule has 2 amide bonds. The Morgan fingerprint density at radius 3 is 2.55 bits per heavy atom. The number of carbonyl (C=O) groups is 2. The number of aromatic nitrogens is 2. The highest BCUT2D eigenvalue weighted by atomic mass is 16.5. The number of amides is 2. The first-order chi connectivity index (χ1) is 14.8. The fourth-order valence-electron chi connectivity index (χ4n) is 4.23. The van der Waals surface area contributed by atoms with Gasteiger partial charge in [-0.2, -0.15) is 0 Å². The smallest absolute Gasteiger partial charge is 0.271 e. The summed E-state index contributed by atoms with van der Waals surface area (Å²) in [7, 11) is 0. The van der Waals surface area contributed by atoms with Gasteiger partial charge in [0.1, 0.15) is 5.82 Å². The maximum absolute atomic E-state index is 12.9. The summed E-state index contributed by atoms with van der Waals surface area (Å²) in [4.78, 5) is 34.6. The molecule has 4 rings (SSSR count). The fraction of sp³-hybridized carbons (Fsp3) is 0.455. The van der Waals surface area contributed by atoms with Crippen LogP contribution in [0.25, 0.3) is 0 Å². The molecule has 3 heterocycles. The van der Waals surface area contributed by atoms with Crippen LogP contribution < -0.4 is 21.7 Å². The van der Waals surface area contributed by atoms with Crippen LogP contribution in [0.15, 0.2) is 30.5 Å². The number of carbonyl (C=O) groups excluding carboxylic acids is 2. The molecule has 31 heavy (non-hydrogen) atoms. The average Bonchev–Trinajstić information content (AvgIpc) is 2.73. The molecule has 9 heteroatoms. The lowest BCUT2D eigenvalue weighted by molar-refractivity contribution is -0.0500. The number of nitrogens with one attached hydrogen (secondary N) is 1. The van der Waals surface area contributed by atoms with Gasteiger partial charge in [-0.1, -0.05) is 19.1 Å². The molecule has 2 atom stereocenters. The van der Waals surface area contributed by atoms with Crippen molar-refractivity contribution >= 4 is 23.5 Å². The summed E-state index contributed by atoms with van der Waals surface area (Å²) < 4.78 is 5.33. The summed E-state index contributed by atoms with van der Waals surface area (Å²) in [5.74, 6) is -0.239. The number of anilines is 2. The first kappa shape index (κ1) is 21.0. The second kappa shape index (κ2) is 8.14. The van der Waals surface area contributed by atoms with E-state index < -0.39 is 5.91 Å². The molecule has 0 saturated carbocycles. The monoisotopic (exact) mass is 424 g/mol. The highest BCUT2D eigenvalue weighted by molar-refractivity contribution is 5.95. The summed E-state index contributed by atoms with van der Waals surface area (Å²) in [6.07, 6.45) is 3.24. The maximum Gasteiger partial charge on any atom is 0.271 e. The van der Waals surface area contributed by atoms with E-state index in [2.05, 4.69) is 22.2 Å². The molecule has 0 spiro atoms. The highest BCUT2D eigenvalue weighted by Gasteiger charge is 2.35. The van der Waals surface area contributed by atoms with Crippen molar-refractivity contribution in [1.82, 2.24) is 15.3 Å². The Hall–Kier alpha value is -3.20. The van der Waals surface area contributed by atoms with E-state index in [-0.39, 0.29) is 34.9 Å². The minimum Gasteiger partial charge on any atom is -0.382 e. The normalized spacial score (nSPS) is 22.5.